The van der Waals surface area contributed by atoms with Gasteiger partial charge >= 0.3 is 5.97 Å². The van der Waals surface area contributed by atoms with E-state index < -0.39 is 16.0 Å². The van der Waals surface area contributed by atoms with Crippen LogP contribution in [0.25, 0.3) is 0 Å². The SMILES string of the molecule is COc1ccc(C(=O)OCC(=O)N2CCC(C)CC2)cc1S(=O)(=O)N1CCCC1. The summed E-state index contributed by atoms with van der Waals surface area (Å²) in [5.74, 6) is -0.197. The molecule has 0 unspecified atom stereocenters. The molecular weight excluding hydrogens is 396 g/mol. The molecule has 1 aromatic rings. The number of esters is 1. The highest BCUT2D eigenvalue weighted by Crippen LogP contribution is 2.30. The Labute approximate surface area is 171 Å². The van der Waals surface area contributed by atoms with Gasteiger partial charge in [-0.1, -0.05) is 6.92 Å². The Balaban J connectivity index is 1.70. The molecule has 1 aromatic carbocycles. The van der Waals surface area contributed by atoms with E-state index in [1.165, 1.54) is 29.6 Å². The third-order valence-corrected chi connectivity index (χ3v) is 7.47. The van der Waals surface area contributed by atoms with Gasteiger partial charge in [-0.3, -0.25) is 4.79 Å². The summed E-state index contributed by atoms with van der Waals surface area (Å²) in [5, 5.41) is 0. The first-order chi connectivity index (χ1) is 13.8. The van der Waals surface area contributed by atoms with Gasteiger partial charge in [-0.05, 0) is 49.8 Å². The molecule has 0 aliphatic carbocycles. The number of nitrogens with zero attached hydrogens (tertiary/aromatic N) is 2. The van der Waals surface area contributed by atoms with E-state index in [0.29, 0.717) is 32.1 Å². The molecule has 9 heteroatoms. The third kappa shape index (κ3) is 4.90. The molecule has 0 spiro atoms. The molecule has 2 heterocycles. The van der Waals surface area contributed by atoms with Crippen molar-refractivity contribution >= 4 is 21.9 Å². The van der Waals surface area contributed by atoms with Gasteiger partial charge < -0.3 is 14.4 Å². The Kier molecular flexibility index (Phi) is 6.79. The molecule has 2 saturated heterocycles. The third-order valence-electron chi connectivity index (χ3n) is 5.55. The lowest BCUT2D eigenvalue weighted by molar-refractivity contribution is -0.135. The number of carbonyl (C=O) groups excluding carboxylic acids is 2. The molecule has 0 atom stereocenters. The van der Waals surface area contributed by atoms with Gasteiger partial charge in [0.15, 0.2) is 6.61 Å². The molecule has 1 amide bonds. The van der Waals surface area contributed by atoms with E-state index in [4.69, 9.17) is 9.47 Å². The number of ether oxygens (including phenoxy) is 2. The van der Waals surface area contributed by atoms with Crippen molar-refractivity contribution in [3.63, 3.8) is 0 Å². The maximum absolute atomic E-state index is 12.9. The average molecular weight is 425 g/mol. The second-order valence-corrected chi connectivity index (χ2v) is 9.52. The van der Waals surface area contributed by atoms with Crippen molar-refractivity contribution in [2.75, 3.05) is 39.9 Å². The van der Waals surface area contributed by atoms with Crippen LogP contribution in [-0.2, 0) is 19.6 Å². The summed E-state index contributed by atoms with van der Waals surface area (Å²) in [6, 6.07) is 4.15. The number of likely N-dealkylation sites (tertiary alicyclic amines) is 1. The maximum Gasteiger partial charge on any atom is 0.338 e. The van der Waals surface area contributed by atoms with Crippen LogP contribution in [0.4, 0.5) is 0 Å². The van der Waals surface area contributed by atoms with Gasteiger partial charge in [0.05, 0.1) is 12.7 Å². The second kappa shape index (κ2) is 9.13. The van der Waals surface area contributed by atoms with Gasteiger partial charge in [0, 0.05) is 26.2 Å². The van der Waals surface area contributed by atoms with E-state index in [1.807, 2.05) is 0 Å². The number of carbonyl (C=O) groups is 2. The summed E-state index contributed by atoms with van der Waals surface area (Å²) >= 11 is 0. The quantitative estimate of drug-likeness (QED) is 0.648. The van der Waals surface area contributed by atoms with Crippen LogP contribution in [0.3, 0.4) is 0 Å². The van der Waals surface area contributed by atoms with E-state index in [-0.39, 0.29) is 28.7 Å². The Morgan fingerprint density at radius 3 is 2.38 bits per heavy atom. The van der Waals surface area contributed by atoms with E-state index in [2.05, 4.69) is 6.92 Å². The fraction of sp³-hybridized carbons (Fsp3) is 0.600. The topological polar surface area (TPSA) is 93.2 Å². The molecule has 2 aliphatic heterocycles. The standard InChI is InChI=1S/C20H28N2O6S/c1-15-7-11-21(12-8-15)19(23)14-28-20(24)16-5-6-17(27-2)18(13-16)29(25,26)22-9-3-4-10-22/h5-6,13,15H,3-4,7-12,14H2,1-2H3. The highest BCUT2D eigenvalue weighted by Gasteiger charge is 2.31. The molecular formula is C20H28N2O6S. The normalized spacial score (nSPS) is 18.6. The van der Waals surface area contributed by atoms with Crippen LogP contribution in [0.2, 0.25) is 0 Å². The number of piperidine rings is 1. The average Bonchev–Trinajstić information content (AvgIpc) is 3.27. The minimum absolute atomic E-state index is 0.0623. The predicted molar refractivity (Wildman–Crippen MR) is 106 cm³/mol. The minimum atomic E-state index is -3.77. The molecule has 160 valence electrons. The van der Waals surface area contributed by atoms with Crippen molar-refractivity contribution in [1.82, 2.24) is 9.21 Å². The Morgan fingerprint density at radius 2 is 1.76 bits per heavy atom. The number of amides is 1. The summed E-state index contributed by atoms with van der Waals surface area (Å²) < 4.78 is 37.6. The van der Waals surface area contributed by atoms with Crippen molar-refractivity contribution < 1.29 is 27.5 Å². The number of hydrogen-bond acceptors (Lipinski definition) is 6. The van der Waals surface area contributed by atoms with Crippen LogP contribution in [-0.4, -0.2) is 69.4 Å². The van der Waals surface area contributed by atoms with E-state index in [0.717, 1.165) is 25.7 Å². The monoisotopic (exact) mass is 424 g/mol. The van der Waals surface area contributed by atoms with E-state index in [1.54, 1.807) is 4.90 Å². The van der Waals surface area contributed by atoms with Crippen LogP contribution in [0.1, 0.15) is 43.0 Å². The van der Waals surface area contributed by atoms with Gasteiger partial charge in [-0.15, -0.1) is 0 Å². The number of methoxy groups -OCH3 is 1. The Bertz CT molecular complexity index is 856. The smallest absolute Gasteiger partial charge is 0.338 e. The zero-order valence-electron chi connectivity index (χ0n) is 16.9. The van der Waals surface area contributed by atoms with Gasteiger partial charge in [0.2, 0.25) is 10.0 Å². The maximum atomic E-state index is 12.9. The van der Waals surface area contributed by atoms with Gasteiger partial charge in [-0.25, -0.2) is 13.2 Å². The zero-order valence-corrected chi connectivity index (χ0v) is 17.7. The number of sulfonamides is 1. The van der Waals surface area contributed by atoms with Crippen LogP contribution in [0.5, 0.6) is 5.75 Å². The fourth-order valence-corrected chi connectivity index (χ4v) is 5.33. The largest absolute Gasteiger partial charge is 0.495 e. The van der Waals surface area contributed by atoms with Gasteiger partial charge in [0.25, 0.3) is 5.91 Å². The lowest BCUT2D eigenvalue weighted by atomic mass is 9.99. The van der Waals surface area contributed by atoms with E-state index >= 15 is 0 Å². The van der Waals surface area contributed by atoms with Crippen molar-refractivity contribution in [3.05, 3.63) is 23.8 Å². The number of rotatable bonds is 6. The zero-order chi connectivity index (χ0) is 21.0. The lowest BCUT2D eigenvalue weighted by Gasteiger charge is -2.30. The van der Waals surface area contributed by atoms with Crippen molar-refractivity contribution in [1.29, 1.82) is 0 Å². The number of benzene rings is 1. The van der Waals surface area contributed by atoms with Crippen molar-refractivity contribution in [3.8, 4) is 5.75 Å². The Morgan fingerprint density at radius 1 is 1.10 bits per heavy atom. The Hall–Kier alpha value is -2.13. The molecule has 8 nitrogen and oxygen atoms in total. The minimum Gasteiger partial charge on any atom is -0.495 e. The first kappa shape index (κ1) is 21.6. The molecule has 29 heavy (non-hydrogen) atoms. The number of hydrogen-bond donors (Lipinski definition) is 0. The molecule has 0 bridgehead atoms. The van der Waals surface area contributed by atoms with Gasteiger partial charge in [0.1, 0.15) is 10.6 Å². The first-order valence-corrected chi connectivity index (χ1v) is 11.4. The predicted octanol–water partition coefficient (Wildman–Crippen LogP) is 1.90. The first-order valence-electron chi connectivity index (χ1n) is 9.96. The summed E-state index contributed by atoms with van der Waals surface area (Å²) in [5.41, 5.74) is 0.0728. The molecule has 0 saturated carbocycles. The summed E-state index contributed by atoms with van der Waals surface area (Å²) in [7, 11) is -2.38. The summed E-state index contributed by atoms with van der Waals surface area (Å²) in [4.78, 5) is 26.3. The van der Waals surface area contributed by atoms with Crippen LogP contribution in [0.15, 0.2) is 23.1 Å². The highest BCUT2D eigenvalue weighted by molar-refractivity contribution is 7.89. The van der Waals surface area contributed by atoms with Gasteiger partial charge in [-0.2, -0.15) is 4.31 Å². The van der Waals surface area contributed by atoms with Crippen molar-refractivity contribution in [2.45, 2.75) is 37.5 Å². The molecule has 2 fully saturated rings. The summed E-state index contributed by atoms with van der Waals surface area (Å²) in [6.07, 6.45) is 3.49. The van der Waals surface area contributed by atoms with Crippen molar-refractivity contribution in [2.24, 2.45) is 5.92 Å². The van der Waals surface area contributed by atoms with E-state index in [9.17, 15) is 18.0 Å². The molecule has 0 aromatic heterocycles. The molecule has 2 aliphatic rings. The molecule has 0 N–H and O–H groups in total. The highest BCUT2D eigenvalue weighted by atomic mass is 32.2. The fourth-order valence-electron chi connectivity index (χ4n) is 3.63. The van der Waals surface area contributed by atoms with Crippen LogP contribution >= 0.6 is 0 Å². The molecule has 3 rings (SSSR count). The second-order valence-electron chi connectivity index (χ2n) is 7.62. The van der Waals surface area contributed by atoms with Crippen LogP contribution < -0.4 is 4.74 Å². The lowest BCUT2D eigenvalue weighted by Crippen LogP contribution is -2.40. The van der Waals surface area contributed by atoms with Crippen LogP contribution in [0, 0.1) is 5.92 Å². The molecule has 0 radical (unpaired) electrons. The summed E-state index contributed by atoms with van der Waals surface area (Å²) in [6.45, 7) is 4.02.